The van der Waals surface area contributed by atoms with Crippen LogP contribution in [0.5, 0.6) is 5.88 Å². The third-order valence-corrected chi connectivity index (χ3v) is 6.13. The summed E-state index contributed by atoms with van der Waals surface area (Å²) in [6, 6.07) is 0.963. The Labute approximate surface area is 184 Å². The monoisotopic (exact) mass is 430 g/mol. The van der Waals surface area contributed by atoms with Crippen molar-refractivity contribution in [3.05, 3.63) is 18.6 Å². The van der Waals surface area contributed by atoms with Crippen molar-refractivity contribution in [2.24, 2.45) is 0 Å². The van der Waals surface area contributed by atoms with Gasteiger partial charge in [0.05, 0.1) is 24.1 Å². The highest BCUT2D eigenvalue weighted by Gasteiger charge is 2.24. The van der Waals surface area contributed by atoms with E-state index in [9.17, 15) is 0 Å². The zero-order chi connectivity index (χ0) is 21.0. The van der Waals surface area contributed by atoms with E-state index >= 15 is 0 Å². The van der Waals surface area contributed by atoms with Gasteiger partial charge in [0.1, 0.15) is 17.1 Å². The molecule has 4 heterocycles. The van der Waals surface area contributed by atoms with Crippen molar-refractivity contribution < 1.29 is 12.3 Å². The molecular weight excluding hydrogens is 396 g/mol. The predicted octanol–water partition coefficient (Wildman–Crippen LogP) is 3.44. The van der Waals surface area contributed by atoms with Crippen molar-refractivity contribution >= 4 is 22.7 Å². The number of hydrogen-bond donors (Lipinski definition) is 3. The molecule has 1 saturated carbocycles. The molecule has 5 rings (SSSR count). The summed E-state index contributed by atoms with van der Waals surface area (Å²) in [7, 11) is 0. The predicted molar refractivity (Wildman–Crippen MR) is 121 cm³/mol. The number of rotatable bonds is 7. The van der Waals surface area contributed by atoms with Crippen LogP contribution in [-0.2, 0) is 4.74 Å². The van der Waals surface area contributed by atoms with E-state index < -0.39 is 0 Å². The number of hydrogen-bond acceptors (Lipinski definition) is 8. The molecule has 3 N–H and O–H groups in total. The van der Waals surface area contributed by atoms with Crippen LogP contribution in [0.4, 0.5) is 11.6 Å². The van der Waals surface area contributed by atoms with Gasteiger partial charge in [0.2, 0.25) is 11.8 Å². The van der Waals surface area contributed by atoms with Gasteiger partial charge >= 0.3 is 0 Å². The van der Waals surface area contributed by atoms with Gasteiger partial charge in [0.25, 0.3) is 0 Å². The van der Waals surface area contributed by atoms with Crippen LogP contribution in [0.15, 0.2) is 18.6 Å². The molecule has 2 aliphatic rings. The van der Waals surface area contributed by atoms with Crippen LogP contribution in [0.2, 0.25) is 0 Å². The van der Waals surface area contributed by atoms with Crippen molar-refractivity contribution in [1.82, 2.24) is 35.3 Å². The van der Waals surface area contributed by atoms with Crippen molar-refractivity contribution in [1.29, 1.82) is 0 Å². The van der Waals surface area contributed by atoms with Crippen LogP contribution >= 0.6 is 0 Å². The van der Waals surface area contributed by atoms with Gasteiger partial charge in [-0.2, -0.15) is 15.2 Å². The van der Waals surface area contributed by atoms with Crippen molar-refractivity contribution in [2.75, 3.05) is 25.1 Å². The fourth-order valence-electron chi connectivity index (χ4n) is 4.47. The normalized spacial score (nSPS) is 22.6. The lowest BCUT2D eigenvalue weighted by Crippen LogP contribution is -2.36. The number of H-pyrrole nitrogens is 1. The lowest BCUT2D eigenvalue weighted by atomic mass is 9.93. The molecule has 3 aromatic rings. The number of fused-ring (bicyclic) bond motifs is 1. The first kappa shape index (κ1) is 20.2. The summed E-state index contributed by atoms with van der Waals surface area (Å²) < 4.78 is 13.8. The van der Waals surface area contributed by atoms with E-state index in [1.165, 1.54) is 0 Å². The average Bonchev–Trinajstić information content (AvgIpc) is 3.46. The fourth-order valence-corrected chi connectivity index (χ4v) is 4.47. The summed E-state index contributed by atoms with van der Waals surface area (Å²) in [6.07, 6.45) is 11.9. The number of aromatic amines is 1. The summed E-state index contributed by atoms with van der Waals surface area (Å²) in [5.41, 5.74) is 2.31. The molecule has 2 fully saturated rings. The first-order valence-electron chi connectivity index (χ1n) is 11.3. The van der Waals surface area contributed by atoms with Crippen LogP contribution in [0, 0.1) is 0 Å². The molecule has 1 saturated heterocycles. The number of anilines is 2. The van der Waals surface area contributed by atoms with E-state index in [-0.39, 0.29) is 8.96 Å². The Morgan fingerprint density at radius 2 is 2.00 bits per heavy atom. The second-order valence-corrected chi connectivity index (χ2v) is 8.31. The van der Waals surface area contributed by atoms with Gasteiger partial charge in [-0.1, -0.05) is 6.92 Å². The molecular formula is C21H34N8O2. The summed E-state index contributed by atoms with van der Waals surface area (Å²) in [6.45, 7) is 4.73. The highest BCUT2D eigenvalue weighted by atomic mass is 16.5. The van der Waals surface area contributed by atoms with Crippen LogP contribution in [0.1, 0.15) is 54.3 Å². The highest BCUT2D eigenvalue weighted by Crippen LogP contribution is 2.29. The molecule has 0 atom stereocenters. The van der Waals surface area contributed by atoms with Gasteiger partial charge in [-0.05, 0) is 45.1 Å². The largest absolute Gasteiger partial charge is 0.473 e. The Kier molecular flexibility index (Phi) is 5.99. The molecule has 0 amide bonds. The minimum Gasteiger partial charge on any atom is -0.473 e. The third-order valence-electron chi connectivity index (χ3n) is 6.13. The van der Waals surface area contributed by atoms with Gasteiger partial charge in [-0.3, -0.25) is 9.78 Å². The maximum absolute atomic E-state index is 6.31. The van der Waals surface area contributed by atoms with E-state index in [0.717, 1.165) is 75.0 Å². The smallest absolute Gasteiger partial charge is 0.245 e. The third kappa shape index (κ3) is 4.64. The number of nitrogens with zero attached hydrogens (tertiary/aromatic N) is 5. The zero-order valence-corrected chi connectivity index (χ0v) is 17.9. The number of ether oxygens (including phenoxy) is 2. The van der Waals surface area contributed by atoms with Crippen LogP contribution in [-0.4, -0.2) is 61.9 Å². The Balaban J connectivity index is 0.00000153. The van der Waals surface area contributed by atoms with Gasteiger partial charge in [0.15, 0.2) is 0 Å². The highest BCUT2D eigenvalue weighted by molar-refractivity contribution is 5.80. The van der Waals surface area contributed by atoms with E-state index in [0.29, 0.717) is 23.9 Å². The van der Waals surface area contributed by atoms with Gasteiger partial charge < -0.3 is 20.1 Å². The number of aromatic nitrogens is 6. The van der Waals surface area contributed by atoms with Crippen LogP contribution < -0.4 is 15.4 Å². The molecule has 31 heavy (non-hydrogen) atoms. The van der Waals surface area contributed by atoms with Gasteiger partial charge in [-0.25, -0.2) is 4.98 Å². The Bertz CT molecular complexity index is 999. The maximum atomic E-state index is 6.31. The van der Waals surface area contributed by atoms with Crippen LogP contribution in [0.3, 0.4) is 0 Å². The quantitative estimate of drug-likeness (QED) is 0.522. The average molecular weight is 431 g/mol. The van der Waals surface area contributed by atoms with E-state index in [1.54, 1.807) is 12.4 Å². The SMILES string of the molecule is CCNC1CCC(Oc2nc(Nc3cnn(C4CCOCC4)c3)nc3cn[nH]c23)CC1.[HH].[HH]. The molecule has 0 radical (unpaired) electrons. The first-order valence-corrected chi connectivity index (χ1v) is 11.3. The van der Waals surface area contributed by atoms with E-state index in [4.69, 9.17) is 9.47 Å². The fraction of sp³-hybridized carbons (Fsp3) is 0.619. The summed E-state index contributed by atoms with van der Waals surface area (Å²) >= 11 is 0. The minimum atomic E-state index is 0. The second-order valence-electron chi connectivity index (χ2n) is 8.31. The molecule has 0 aromatic carbocycles. The molecule has 0 unspecified atom stereocenters. The van der Waals surface area contributed by atoms with Crippen molar-refractivity contribution in [3.8, 4) is 5.88 Å². The molecule has 1 aliphatic heterocycles. The molecule has 170 valence electrons. The van der Waals surface area contributed by atoms with E-state index in [1.807, 2.05) is 10.9 Å². The minimum absolute atomic E-state index is 0. The number of nitrogens with one attached hydrogen (secondary N) is 3. The molecule has 0 bridgehead atoms. The lowest BCUT2D eigenvalue weighted by Gasteiger charge is -2.29. The zero-order valence-electron chi connectivity index (χ0n) is 17.9. The molecule has 10 heteroatoms. The van der Waals surface area contributed by atoms with E-state index in [2.05, 4.69) is 42.8 Å². The van der Waals surface area contributed by atoms with Gasteiger partial charge in [-0.15, -0.1) is 0 Å². The van der Waals surface area contributed by atoms with Crippen molar-refractivity contribution in [3.63, 3.8) is 0 Å². The molecule has 0 spiro atoms. The second kappa shape index (κ2) is 9.19. The Morgan fingerprint density at radius 1 is 1.16 bits per heavy atom. The Hall–Kier alpha value is -2.72. The molecule has 3 aromatic heterocycles. The summed E-state index contributed by atoms with van der Waals surface area (Å²) in [4.78, 5) is 9.23. The topological polar surface area (TPSA) is 115 Å². The van der Waals surface area contributed by atoms with Gasteiger partial charge in [0, 0.05) is 28.3 Å². The Morgan fingerprint density at radius 3 is 2.81 bits per heavy atom. The maximum Gasteiger partial charge on any atom is 0.245 e. The molecule has 1 aliphatic carbocycles. The lowest BCUT2D eigenvalue weighted by molar-refractivity contribution is 0.0662. The standard InChI is InChI=1S/C21H30N8O2.2H2/c1-2-22-14-3-5-17(6-4-14)31-20-19-18(12-23-28-19)26-21(27-20)25-15-11-24-29(13-15)16-7-9-30-10-8-16;;/h11-14,16-17,22H,2-10H2,1H3,(H,23,28)(H,25,26,27);2*1H. The summed E-state index contributed by atoms with van der Waals surface area (Å²) in [5.74, 6) is 1.03. The first-order chi connectivity index (χ1) is 15.3. The van der Waals surface area contributed by atoms with Crippen LogP contribution in [0.25, 0.3) is 11.0 Å². The molecule has 10 nitrogen and oxygen atoms in total. The van der Waals surface area contributed by atoms with Crippen molar-refractivity contribution in [2.45, 2.75) is 63.6 Å². The summed E-state index contributed by atoms with van der Waals surface area (Å²) in [5, 5.41) is 18.4.